The monoisotopic (exact) mass is 456 g/mol. The molecule has 0 spiro atoms. The summed E-state index contributed by atoms with van der Waals surface area (Å²) in [6.07, 6.45) is 3.26. The number of aromatic nitrogens is 2. The smallest absolute Gasteiger partial charge is 0.234 e. The van der Waals surface area contributed by atoms with Gasteiger partial charge in [-0.3, -0.25) is 9.98 Å². The van der Waals surface area contributed by atoms with Crippen molar-refractivity contribution in [1.82, 2.24) is 9.97 Å². The zero-order valence-electron chi connectivity index (χ0n) is 19.2. The molecule has 0 saturated heterocycles. The number of rotatable bonds is 6. The van der Waals surface area contributed by atoms with Crippen molar-refractivity contribution in [2.24, 2.45) is 9.98 Å². The van der Waals surface area contributed by atoms with Crippen LogP contribution in [-0.2, 0) is 0 Å². The van der Waals surface area contributed by atoms with Gasteiger partial charge in [0.1, 0.15) is 17.2 Å². The van der Waals surface area contributed by atoms with Crippen molar-refractivity contribution < 1.29 is 15.3 Å². The zero-order chi connectivity index (χ0) is 24.3. The Hall–Kier alpha value is -4.26. The predicted molar refractivity (Wildman–Crippen MR) is 136 cm³/mol. The van der Waals surface area contributed by atoms with Crippen LogP contribution >= 0.6 is 0 Å². The van der Waals surface area contributed by atoms with Crippen LogP contribution in [0.1, 0.15) is 36.6 Å². The Balaban J connectivity index is 0.000000202. The summed E-state index contributed by atoms with van der Waals surface area (Å²) in [5, 5.41) is 28.7. The first-order chi connectivity index (χ1) is 16.5. The van der Waals surface area contributed by atoms with Crippen LogP contribution in [0, 0.1) is 0 Å². The molecule has 4 rings (SSSR count). The molecule has 1 aromatic heterocycles. The van der Waals surface area contributed by atoms with E-state index in [0.29, 0.717) is 29.9 Å². The average molecular weight is 457 g/mol. The second kappa shape index (κ2) is 12.1. The number of fused-ring (bicyclic) bond motifs is 1. The Kier molecular flexibility index (Phi) is 8.68. The van der Waals surface area contributed by atoms with Crippen molar-refractivity contribution in [1.29, 1.82) is 0 Å². The first kappa shape index (κ1) is 24.4. The number of aromatic hydroxyl groups is 3. The molecule has 0 radical (unpaired) electrons. The van der Waals surface area contributed by atoms with Crippen molar-refractivity contribution in [3.8, 4) is 17.4 Å². The number of aliphatic imine (C=N–C) groups is 2. The van der Waals surface area contributed by atoms with Crippen LogP contribution in [0.25, 0.3) is 11.0 Å². The number of benzene rings is 3. The highest BCUT2D eigenvalue weighted by molar-refractivity contribution is 5.84. The molecule has 4 aromatic rings. The third-order valence-electron chi connectivity index (χ3n) is 4.82. The van der Waals surface area contributed by atoms with Crippen LogP contribution in [0.4, 0.5) is 0 Å². The van der Waals surface area contributed by atoms with Crippen molar-refractivity contribution >= 4 is 23.5 Å². The first-order valence-corrected chi connectivity index (χ1v) is 11.0. The maximum absolute atomic E-state index is 9.61. The minimum atomic E-state index is 0.0405. The molecule has 0 fully saturated rings. The number of hydrogen-bond acceptors (Lipinski definition) is 7. The Labute approximate surface area is 198 Å². The highest BCUT2D eigenvalue weighted by Crippen LogP contribution is 2.23. The normalized spacial score (nSPS) is 11.3. The molecular weight excluding hydrogens is 428 g/mol. The largest absolute Gasteiger partial charge is 0.507 e. The molecule has 3 N–H and O–H groups in total. The summed E-state index contributed by atoms with van der Waals surface area (Å²) in [6.45, 7) is 5.02. The maximum atomic E-state index is 9.61. The van der Waals surface area contributed by atoms with E-state index in [0.717, 1.165) is 11.0 Å². The number of phenols is 2. The van der Waals surface area contributed by atoms with Gasteiger partial charge in [-0.15, -0.1) is 0 Å². The quantitative estimate of drug-likeness (QED) is 0.276. The molecule has 0 aliphatic carbocycles. The van der Waals surface area contributed by atoms with Gasteiger partial charge in [0.2, 0.25) is 5.88 Å². The molecule has 3 aromatic carbocycles. The van der Waals surface area contributed by atoms with E-state index in [1.54, 1.807) is 48.8 Å². The molecule has 0 aliphatic heterocycles. The van der Waals surface area contributed by atoms with E-state index in [1.807, 2.05) is 50.2 Å². The minimum Gasteiger partial charge on any atom is -0.507 e. The topological polar surface area (TPSA) is 111 Å². The van der Waals surface area contributed by atoms with Gasteiger partial charge in [0.25, 0.3) is 0 Å². The summed E-state index contributed by atoms with van der Waals surface area (Å²) in [7, 11) is 0. The van der Waals surface area contributed by atoms with Crippen LogP contribution in [0.5, 0.6) is 17.4 Å². The summed E-state index contributed by atoms with van der Waals surface area (Å²) in [6, 6.07) is 21.6. The Morgan fingerprint density at radius 1 is 0.676 bits per heavy atom. The molecule has 1 heterocycles. The summed E-state index contributed by atoms with van der Waals surface area (Å²) in [4.78, 5) is 16.8. The van der Waals surface area contributed by atoms with E-state index in [9.17, 15) is 15.3 Å². The van der Waals surface area contributed by atoms with Crippen molar-refractivity contribution in [2.75, 3.05) is 13.1 Å². The van der Waals surface area contributed by atoms with Crippen molar-refractivity contribution in [3.63, 3.8) is 0 Å². The van der Waals surface area contributed by atoms with E-state index in [2.05, 4.69) is 20.0 Å². The third kappa shape index (κ3) is 6.87. The van der Waals surface area contributed by atoms with Gasteiger partial charge in [0, 0.05) is 29.5 Å². The van der Waals surface area contributed by atoms with Gasteiger partial charge in [-0.25, -0.2) is 9.97 Å². The SMILES string of the molecule is CC(C)c1nc2ccccc2nc1O.Oc1ccccc1/C=N/CC/N=C/c1ccccc1O. The summed E-state index contributed by atoms with van der Waals surface area (Å²) in [5.41, 5.74) is 3.60. The average Bonchev–Trinajstić information content (AvgIpc) is 2.83. The van der Waals surface area contributed by atoms with Gasteiger partial charge >= 0.3 is 0 Å². The van der Waals surface area contributed by atoms with Crippen molar-refractivity contribution in [2.45, 2.75) is 19.8 Å². The molecule has 0 bridgehead atoms. The van der Waals surface area contributed by atoms with Crippen LogP contribution in [0.2, 0.25) is 0 Å². The highest BCUT2D eigenvalue weighted by atomic mass is 16.3. The third-order valence-corrected chi connectivity index (χ3v) is 4.82. The van der Waals surface area contributed by atoms with Crippen LogP contribution in [-0.4, -0.2) is 50.8 Å². The minimum absolute atomic E-state index is 0.0405. The number of phenolic OH excluding ortho intramolecular Hbond substituents is 2. The van der Waals surface area contributed by atoms with E-state index in [4.69, 9.17) is 0 Å². The summed E-state index contributed by atoms with van der Waals surface area (Å²) < 4.78 is 0. The van der Waals surface area contributed by atoms with Gasteiger partial charge in [-0.05, 0) is 36.4 Å². The number of nitrogens with zero attached hydrogens (tertiary/aromatic N) is 4. The van der Waals surface area contributed by atoms with Crippen LogP contribution in [0.15, 0.2) is 82.8 Å². The maximum Gasteiger partial charge on any atom is 0.234 e. The second-order valence-electron chi connectivity index (χ2n) is 7.76. The fourth-order valence-corrected chi connectivity index (χ4v) is 3.03. The molecule has 34 heavy (non-hydrogen) atoms. The molecule has 0 amide bonds. The van der Waals surface area contributed by atoms with Gasteiger partial charge in [-0.1, -0.05) is 50.2 Å². The molecular formula is C27H28N4O3. The van der Waals surface area contributed by atoms with E-state index in [1.165, 1.54) is 0 Å². The number of para-hydroxylation sites is 4. The molecule has 174 valence electrons. The summed E-state index contributed by atoms with van der Waals surface area (Å²) >= 11 is 0. The van der Waals surface area contributed by atoms with Gasteiger partial charge < -0.3 is 15.3 Å². The van der Waals surface area contributed by atoms with Crippen molar-refractivity contribution in [3.05, 3.63) is 89.6 Å². The molecule has 0 aliphatic rings. The van der Waals surface area contributed by atoms with E-state index in [-0.39, 0.29) is 23.3 Å². The fourth-order valence-electron chi connectivity index (χ4n) is 3.03. The zero-order valence-corrected chi connectivity index (χ0v) is 19.2. The lowest BCUT2D eigenvalue weighted by Gasteiger charge is -2.07. The Morgan fingerprint density at radius 2 is 1.12 bits per heavy atom. The van der Waals surface area contributed by atoms with Gasteiger partial charge in [-0.2, -0.15) is 0 Å². The van der Waals surface area contributed by atoms with Gasteiger partial charge in [0.15, 0.2) is 0 Å². The van der Waals surface area contributed by atoms with Gasteiger partial charge in [0.05, 0.1) is 24.1 Å². The lowest BCUT2D eigenvalue weighted by atomic mass is 10.1. The second-order valence-corrected chi connectivity index (χ2v) is 7.76. The Bertz CT molecular complexity index is 1230. The number of hydrogen-bond donors (Lipinski definition) is 3. The predicted octanol–water partition coefficient (Wildman–Crippen LogP) is 5.09. The summed E-state index contributed by atoms with van der Waals surface area (Å²) in [5.74, 6) is 0.661. The standard InChI is InChI=1S/C16H16N2O2.C11H12N2O/c19-15-7-3-1-5-13(15)11-17-9-10-18-12-14-6-2-4-8-16(14)20;1-7(2)10-11(14)13-9-6-4-3-5-8(9)12-10/h1-8,11-12,19-20H,9-10H2;3-7H,1-2H3,(H,13,14)/b17-11+,18-12+;. The molecule has 0 unspecified atom stereocenters. The Morgan fingerprint density at radius 3 is 1.59 bits per heavy atom. The molecule has 7 nitrogen and oxygen atoms in total. The fraction of sp³-hybridized carbons (Fsp3) is 0.185. The van der Waals surface area contributed by atoms with Crippen LogP contribution in [0.3, 0.4) is 0 Å². The lowest BCUT2D eigenvalue weighted by molar-refractivity contribution is 0.440. The van der Waals surface area contributed by atoms with E-state index < -0.39 is 0 Å². The van der Waals surface area contributed by atoms with Crippen LogP contribution < -0.4 is 0 Å². The molecule has 7 heteroatoms. The molecule has 0 saturated carbocycles. The first-order valence-electron chi connectivity index (χ1n) is 11.0. The van der Waals surface area contributed by atoms with E-state index >= 15 is 0 Å². The molecule has 0 atom stereocenters. The highest BCUT2D eigenvalue weighted by Gasteiger charge is 2.10. The lowest BCUT2D eigenvalue weighted by Crippen LogP contribution is -1.96.